The van der Waals surface area contributed by atoms with E-state index in [-0.39, 0.29) is 24.3 Å². The lowest BCUT2D eigenvalue weighted by Crippen LogP contribution is -2.52. The zero-order valence-corrected chi connectivity index (χ0v) is 16.3. The molecule has 2 aromatic rings. The van der Waals surface area contributed by atoms with Crippen molar-refractivity contribution in [3.63, 3.8) is 0 Å². The highest BCUT2D eigenvalue weighted by Crippen LogP contribution is 2.30. The minimum atomic E-state index is -0.601. The molecule has 0 aliphatic carbocycles. The normalized spacial score (nSPS) is 19.7. The molecule has 0 saturated carbocycles. The van der Waals surface area contributed by atoms with Gasteiger partial charge in [-0.3, -0.25) is 19.7 Å². The van der Waals surface area contributed by atoms with Gasteiger partial charge in [0.05, 0.1) is 0 Å². The number of nitrogens with one attached hydrogen (secondary N) is 2. The maximum atomic E-state index is 12.9. The monoisotopic (exact) mass is 392 g/mol. The second kappa shape index (κ2) is 7.67. The highest BCUT2D eigenvalue weighted by atomic mass is 16.2. The topological polar surface area (TPSA) is 105 Å². The quantitative estimate of drug-likeness (QED) is 0.676. The molecule has 0 radical (unpaired) electrons. The highest BCUT2D eigenvalue weighted by Gasteiger charge is 2.39. The number of carbonyl (C=O) groups is 3. The Kier molecular flexibility index (Phi) is 5.07. The molecule has 2 aromatic carbocycles. The van der Waals surface area contributed by atoms with Crippen molar-refractivity contribution < 1.29 is 14.4 Å². The Bertz CT molecular complexity index is 986. The van der Waals surface area contributed by atoms with E-state index in [2.05, 4.69) is 10.6 Å². The molecule has 3 amide bonds. The lowest BCUT2D eigenvalue weighted by atomic mass is 10.0. The molecule has 4 rings (SSSR count). The van der Waals surface area contributed by atoms with Crippen LogP contribution in [0.3, 0.4) is 0 Å². The minimum Gasteiger partial charge on any atom is -0.381 e. The Morgan fingerprint density at radius 2 is 2.00 bits per heavy atom. The number of benzene rings is 2. The molecule has 2 atom stereocenters. The van der Waals surface area contributed by atoms with Crippen LogP contribution in [0.2, 0.25) is 0 Å². The molecule has 0 bridgehead atoms. The average Bonchev–Trinajstić information content (AvgIpc) is 3.04. The van der Waals surface area contributed by atoms with Crippen molar-refractivity contribution in [3.8, 4) is 0 Å². The molecule has 0 spiro atoms. The number of rotatable bonds is 5. The Hall–Kier alpha value is -3.19. The van der Waals surface area contributed by atoms with Crippen LogP contribution >= 0.6 is 0 Å². The largest absolute Gasteiger partial charge is 0.381 e. The summed E-state index contributed by atoms with van der Waals surface area (Å²) in [7, 11) is 0. The van der Waals surface area contributed by atoms with Gasteiger partial charge in [0.1, 0.15) is 6.04 Å². The molecule has 29 heavy (non-hydrogen) atoms. The van der Waals surface area contributed by atoms with E-state index in [1.165, 1.54) is 0 Å². The lowest BCUT2D eigenvalue weighted by molar-refractivity contribution is -0.136. The van der Waals surface area contributed by atoms with E-state index >= 15 is 0 Å². The number of piperidine rings is 1. The molecular weight excluding hydrogens is 368 g/mol. The average molecular weight is 392 g/mol. The second-order valence-electron chi connectivity index (χ2n) is 7.61. The number of anilines is 1. The van der Waals surface area contributed by atoms with Crippen LogP contribution in [-0.4, -0.2) is 28.7 Å². The first-order valence-electron chi connectivity index (χ1n) is 9.79. The molecule has 4 N–H and O–H groups in total. The fourth-order valence-corrected chi connectivity index (χ4v) is 3.94. The van der Waals surface area contributed by atoms with Crippen molar-refractivity contribution in [2.75, 3.05) is 5.32 Å². The van der Waals surface area contributed by atoms with Crippen LogP contribution in [0.15, 0.2) is 42.5 Å². The molecule has 1 unspecified atom stereocenters. The third-order valence-corrected chi connectivity index (χ3v) is 5.57. The highest BCUT2D eigenvalue weighted by molar-refractivity contribution is 6.05. The predicted octanol–water partition coefficient (Wildman–Crippen LogP) is 2.08. The number of amides is 3. The van der Waals surface area contributed by atoms with Crippen molar-refractivity contribution in [3.05, 3.63) is 64.7 Å². The van der Waals surface area contributed by atoms with Crippen LogP contribution in [-0.2, 0) is 22.7 Å². The summed E-state index contributed by atoms with van der Waals surface area (Å²) in [4.78, 5) is 38.1. The van der Waals surface area contributed by atoms with Crippen molar-refractivity contribution >= 4 is 23.4 Å². The van der Waals surface area contributed by atoms with Gasteiger partial charge in [-0.2, -0.15) is 0 Å². The Morgan fingerprint density at radius 1 is 1.21 bits per heavy atom. The van der Waals surface area contributed by atoms with Gasteiger partial charge in [-0.25, -0.2) is 0 Å². The third-order valence-electron chi connectivity index (χ3n) is 5.57. The maximum absolute atomic E-state index is 12.9. The standard InChI is InChI=1S/C22H24N4O3/c1-13(23)14-4-2-6-16(10-14)24-11-15-5-3-7-17-18(15)12-26(22(17)29)19-8-9-20(27)25-21(19)28/h2-7,10,13,19,24H,8-9,11-12,23H2,1H3,(H,25,27,28)/t13-,19?/m0/s1. The molecule has 7 heteroatoms. The van der Waals surface area contributed by atoms with E-state index in [1.54, 1.807) is 11.0 Å². The zero-order valence-electron chi connectivity index (χ0n) is 16.3. The summed E-state index contributed by atoms with van der Waals surface area (Å²) in [5.74, 6) is -0.834. The van der Waals surface area contributed by atoms with E-state index in [1.807, 2.05) is 43.3 Å². The summed E-state index contributed by atoms with van der Waals surface area (Å²) in [6, 6.07) is 13.0. The fourth-order valence-electron chi connectivity index (χ4n) is 3.94. The van der Waals surface area contributed by atoms with E-state index in [0.29, 0.717) is 25.1 Å². The number of carbonyl (C=O) groups excluding carboxylic acids is 3. The van der Waals surface area contributed by atoms with Gasteiger partial charge in [-0.15, -0.1) is 0 Å². The summed E-state index contributed by atoms with van der Waals surface area (Å²) in [6.07, 6.45) is 0.614. The van der Waals surface area contributed by atoms with Gasteiger partial charge in [0.25, 0.3) is 5.91 Å². The SMILES string of the molecule is C[C@H](N)c1cccc(NCc2cccc3c2CN(C2CCC(=O)NC2=O)C3=O)c1. The Balaban J connectivity index is 1.52. The van der Waals surface area contributed by atoms with E-state index in [4.69, 9.17) is 5.73 Å². The summed E-state index contributed by atoms with van der Waals surface area (Å²) >= 11 is 0. The van der Waals surface area contributed by atoms with Crippen molar-refractivity contribution in [1.82, 2.24) is 10.2 Å². The number of nitrogens with two attached hydrogens (primary N) is 1. The maximum Gasteiger partial charge on any atom is 0.255 e. The molecule has 150 valence electrons. The number of fused-ring (bicyclic) bond motifs is 1. The van der Waals surface area contributed by atoms with Crippen LogP contribution in [0, 0.1) is 0 Å². The molecule has 2 aliphatic rings. The molecule has 0 aromatic heterocycles. The number of hydrogen-bond acceptors (Lipinski definition) is 5. The van der Waals surface area contributed by atoms with Gasteiger partial charge in [-0.1, -0.05) is 24.3 Å². The summed E-state index contributed by atoms with van der Waals surface area (Å²) in [5.41, 5.74) is 10.5. The minimum absolute atomic E-state index is 0.0441. The van der Waals surface area contributed by atoms with Gasteiger partial charge >= 0.3 is 0 Å². The Labute approximate surface area is 169 Å². The van der Waals surface area contributed by atoms with E-state index in [0.717, 1.165) is 22.4 Å². The summed E-state index contributed by atoms with van der Waals surface area (Å²) in [6.45, 7) is 2.87. The second-order valence-corrected chi connectivity index (χ2v) is 7.61. The molecule has 1 saturated heterocycles. The summed E-state index contributed by atoms with van der Waals surface area (Å²) in [5, 5.41) is 5.74. The smallest absolute Gasteiger partial charge is 0.255 e. The van der Waals surface area contributed by atoms with Gasteiger partial charge in [0, 0.05) is 36.8 Å². The molecule has 1 fully saturated rings. The first-order chi connectivity index (χ1) is 13.9. The predicted molar refractivity (Wildman–Crippen MR) is 109 cm³/mol. The van der Waals surface area contributed by atoms with Crippen LogP contribution in [0.5, 0.6) is 0 Å². The van der Waals surface area contributed by atoms with E-state index < -0.39 is 11.9 Å². The lowest BCUT2D eigenvalue weighted by Gasteiger charge is -2.29. The van der Waals surface area contributed by atoms with Crippen LogP contribution < -0.4 is 16.4 Å². The van der Waals surface area contributed by atoms with Crippen LogP contribution in [0.1, 0.15) is 52.9 Å². The van der Waals surface area contributed by atoms with Gasteiger partial charge in [0.2, 0.25) is 11.8 Å². The summed E-state index contributed by atoms with van der Waals surface area (Å²) < 4.78 is 0. The van der Waals surface area contributed by atoms with Crippen LogP contribution in [0.4, 0.5) is 5.69 Å². The van der Waals surface area contributed by atoms with Gasteiger partial charge < -0.3 is 16.0 Å². The number of nitrogens with zero attached hydrogens (tertiary/aromatic N) is 1. The van der Waals surface area contributed by atoms with E-state index in [9.17, 15) is 14.4 Å². The van der Waals surface area contributed by atoms with Crippen molar-refractivity contribution in [1.29, 1.82) is 0 Å². The molecule has 7 nitrogen and oxygen atoms in total. The fraction of sp³-hybridized carbons (Fsp3) is 0.318. The van der Waals surface area contributed by atoms with Crippen molar-refractivity contribution in [2.24, 2.45) is 5.73 Å². The zero-order chi connectivity index (χ0) is 20.5. The first-order valence-corrected chi connectivity index (χ1v) is 9.79. The first kappa shape index (κ1) is 19.1. The van der Waals surface area contributed by atoms with Crippen molar-refractivity contribution in [2.45, 2.75) is 44.9 Å². The Morgan fingerprint density at radius 3 is 2.76 bits per heavy atom. The molecular formula is C22H24N4O3. The molecule has 2 aliphatic heterocycles. The van der Waals surface area contributed by atoms with Crippen LogP contribution in [0.25, 0.3) is 0 Å². The van der Waals surface area contributed by atoms with Gasteiger partial charge in [0.15, 0.2) is 0 Å². The number of hydrogen-bond donors (Lipinski definition) is 3. The van der Waals surface area contributed by atoms with Gasteiger partial charge in [-0.05, 0) is 48.2 Å². The molecule has 2 heterocycles. The third kappa shape index (κ3) is 3.73. The number of imide groups is 1.